The molecular formula is C18H20F3N3O. The van der Waals surface area contributed by atoms with Gasteiger partial charge in [-0.3, -0.25) is 14.4 Å². The Kier molecular flexibility index (Phi) is 4.13. The minimum atomic E-state index is -3.04. The number of aryl methyl sites for hydroxylation is 1. The first kappa shape index (κ1) is 17.5. The second-order valence-corrected chi connectivity index (χ2v) is 7.20. The largest absolute Gasteiger partial charge is 0.321 e. The summed E-state index contributed by atoms with van der Waals surface area (Å²) in [5.74, 6) is -1.40. The Morgan fingerprint density at radius 1 is 1.40 bits per heavy atom. The topological polar surface area (TPSA) is 38.1 Å². The second kappa shape index (κ2) is 5.89. The predicted molar refractivity (Wildman–Crippen MR) is 88.5 cm³/mol. The van der Waals surface area contributed by atoms with Crippen molar-refractivity contribution in [1.82, 2.24) is 9.78 Å². The van der Waals surface area contributed by atoms with E-state index < -0.39 is 23.7 Å². The zero-order valence-corrected chi connectivity index (χ0v) is 14.6. The minimum Gasteiger partial charge on any atom is -0.275 e. The highest BCUT2D eigenvalue weighted by molar-refractivity contribution is 6.06. The standard InChI is InChI=1S/C18H20F3N3O/c1-10-7-18(2,3)15-12(19)5-6-13(14(10)15)24(17(20)21)16(25)11-8-22-23(4)9-11/h5-6,8-10,17H,7H2,1-4H3. The number of carbonyl (C=O) groups is 1. The monoisotopic (exact) mass is 351 g/mol. The van der Waals surface area contributed by atoms with Gasteiger partial charge < -0.3 is 0 Å². The van der Waals surface area contributed by atoms with Gasteiger partial charge in [0.1, 0.15) is 5.82 Å². The summed E-state index contributed by atoms with van der Waals surface area (Å²) in [4.78, 5) is 13.1. The molecule has 0 radical (unpaired) electrons. The summed E-state index contributed by atoms with van der Waals surface area (Å²) in [5.41, 5.74) is 0.564. The van der Waals surface area contributed by atoms with Crippen molar-refractivity contribution >= 4 is 11.6 Å². The highest BCUT2D eigenvalue weighted by atomic mass is 19.3. The molecule has 2 aromatic rings. The molecular weight excluding hydrogens is 331 g/mol. The van der Waals surface area contributed by atoms with Crippen LogP contribution in [0.2, 0.25) is 0 Å². The molecule has 0 bridgehead atoms. The van der Waals surface area contributed by atoms with E-state index in [2.05, 4.69) is 5.10 Å². The van der Waals surface area contributed by atoms with E-state index in [1.54, 1.807) is 7.05 Å². The van der Waals surface area contributed by atoms with Crippen LogP contribution in [-0.4, -0.2) is 22.2 Å². The van der Waals surface area contributed by atoms with Gasteiger partial charge in [-0.05, 0) is 41.0 Å². The van der Waals surface area contributed by atoms with Crippen molar-refractivity contribution in [2.45, 2.75) is 45.1 Å². The molecule has 1 atom stereocenters. The van der Waals surface area contributed by atoms with Gasteiger partial charge in [0.25, 0.3) is 5.91 Å². The molecule has 1 aromatic heterocycles. The number of anilines is 1. The highest BCUT2D eigenvalue weighted by Crippen LogP contribution is 2.50. The molecule has 0 spiro atoms. The van der Waals surface area contributed by atoms with Crippen LogP contribution < -0.4 is 4.90 Å². The van der Waals surface area contributed by atoms with E-state index in [4.69, 9.17) is 0 Å². The molecule has 0 aliphatic heterocycles. The Balaban J connectivity index is 2.17. The first-order chi connectivity index (χ1) is 11.6. The van der Waals surface area contributed by atoms with Crippen LogP contribution in [0.1, 0.15) is 54.6 Å². The molecule has 1 aromatic carbocycles. The fraction of sp³-hybridized carbons (Fsp3) is 0.444. The maximum absolute atomic E-state index is 14.4. The summed E-state index contributed by atoms with van der Waals surface area (Å²) < 4.78 is 43.4. The zero-order valence-electron chi connectivity index (χ0n) is 14.6. The Labute approximate surface area is 144 Å². The Morgan fingerprint density at radius 2 is 2.08 bits per heavy atom. The normalized spacial score (nSPS) is 18.5. The van der Waals surface area contributed by atoms with Crippen LogP contribution in [0, 0.1) is 5.82 Å². The number of fused-ring (bicyclic) bond motifs is 1. The molecule has 0 saturated heterocycles. The van der Waals surface area contributed by atoms with Crippen molar-refractivity contribution in [3.8, 4) is 0 Å². The van der Waals surface area contributed by atoms with E-state index in [1.807, 2.05) is 20.8 Å². The number of amides is 1. The van der Waals surface area contributed by atoms with Gasteiger partial charge in [0.05, 0.1) is 17.4 Å². The Hall–Kier alpha value is -2.31. The number of carbonyl (C=O) groups excluding carboxylic acids is 1. The molecule has 7 heteroatoms. The molecule has 1 amide bonds. The molecule has 0 fully saturated rings. The SMILES string of the molecule is CC1CC(C)(C)c2c(F)ccc(N(C(=O)c3cnn(C)c3)C(F)F)c21. The minimum absolute atomic E-state index is 0.0609. The van der Waals surface area contributed by atoms with Gasteiger partial charge >= 0.3 is 6.55 Å². The number of benzene rings is 1. The Morgan fingerprint density at radius 3 is 2.64 bits per heavy atom. The summed E-state index contributed by atoms with van der Waals surface area (Å²) in [6.45, 7) is 2.60. The molecule has 1 aliphatic carbocycles. The van der Waals surface area contributed by atoms with Crippen molar-refractivity contribution < 1.29 is 18.0 Å². The van der Waals surface area contributed by atoms with E-state index in [-0.39, 0.29) is 17.2 Å². The van der Waals surface area contributed by atoms with Crippen molar-refractivity contribution in [2.24, 2.45) is 7.05 Å². The summed E-state index contributed by atoms with van der Waals surface area (Å²) >= 11 is 0. The fourth-order valence-corrected chi connectivity index (χ4v) is 3.92. The van der Waals surface area contributed by atoms with Crippen molar-refractivity contribution in [3.05, 3.63) is 47.0 Å². The third kappa shape index (κ3) is 2.81. The van der Waals surface area contributed by atoms with Crippen LogP contribution in [0.5, 0.6) is 0 Å². The maximum Gasteiger partial charge on any atom is 0.321 e. The molecule has 0 N–H and O–H groups in total. The molecule has 1 aliphatic rings. The predicted octanol–water partition coefficient (Wildman–Crippen LogP) is 4.21. The lowest BCUT2D eigenvalue weighted by Gasteiger charge is -2.26. The van der Waals surface area contributed by atoms with Crippen LogP contribution in [0.25, 0.3) is 0 Å². The number of halogens is 3. The average molecular weight is 351 g/mol. The number of aromatic nitrogens is 2. The zero-order chi connectivity index (χ0) is 18.5. The second-order valence-electron chi connectivity index (χ2n) is 7.20. The van der Waals surface area contributed by atoms with Crippen molar-refractivity contribution in [2.75, 3.05) is 4.90 Å². The maximum atomic E-state index is 14.4. The first-order valence-corrected chi connectivity index (χ1v) is 8.06. The third-order valence-electron chi connectivity index (χ3n) is 4.78. The van der Waals surface area contributed by atoms with E-state index in [1.165, 1.54) is 29.2 Å². The lowest BCUT2D eigenvalue weighted by atomic mass is 9.85. The fourth-order valence-electron chi connectivity index (χ4n) is 3.92. The quantitative estimate of drug-likeness (QED) is 0.777. The Bertz CT molecular complexity index is 829. The molecule has 134 valence electrons. The van der Waals surface area contributed by atoms with Gasteiger partial charge in [-0.2, -0.15) is 13.9 Å². The number of rotatable bonds is 3. The van der Waals surface area contributed by atoms with Crippen LogP contribution in [0.15, 0.2) is 24.5 Å². The summed E-state index contributed by atoms with van der Waals surface area (Å²) in [6, 6.07) is 2.44. The van der Waals surface area contributed by atoms with E-state index in [9.17, 15) is 18.0 Å². The summed E-state index contributed by atoms with van der Waals surface area (Å²) in [7, 11) is 1.60. The number of hydrogen-bond acceptors (Lipinski definition) is 2. The molecule has 25 heavy (non-hydrogen) atoms. The highest BCUT2D eigenvalue weighted by Gasteiger charge is 2.41. The summed E-state index contributed by atoms with van der Waals surface area (Å²) in [6.07, 6.45) is 3.26. The van der Waals surface area contributed by atoms with Crippen LogP contribution in [0.4, 0.5) is 18.9 Å². The lowest BCUT2D eigenvalue weighted by Crippen LogP contribution is -2.36. The summed E-state index contributed by atoms with van der Waals surface area (Å²) in [5, 5.41) is 3.86. The van der Waals surface area contributed by atoms with Crippen molar-refractivity contribution in [1.29, 1.82) is 0 Å². The number of nitrogens with zero attached hydrogens (tertiary/aromatic N) is 3. The van der Waals surface area contributed by atoms with Gasteiger partial charge in [0.15, 0.2) is 0 Å². The van der Waals surface area contributed by atoms with Crippen LogP contribution in [-0.2, 0) is 12.5 Å². The first-order valence-electron chi connectivity index (χ1n) is 8.06. The van der Waals surface area contributed by atoms with Crippen molar-refractivity contribution in [3.63, 3.8) is 0 Å². The van der Waals surface area contributed by atoms with Crippen LogP contribution in [0.3, 0.4) is 0 Å². The van der Waals surface area contributed by atoms with E-state index in [0.717, 1.165) is 0 Å². The molecule has 4 nitrogen and oxygen atoms in total. The number of hydrogen-bond donors (Lipinski definition) is 0. The molecule has 1 heterocycles. The smallest absolute Gasteiger partial charge is 0.275 e. The lowest BCUT2D eigenvalue weighted by molar-refractivity contribution is 0.0837. The van der Waals surface area contributed by atoms with Gasteiger partial charge in [0.2, 0.25) is 0 Å². The third-order valence-corrected chi connectivity index (χ3v) is 4.78. The molecule has 3 rings (SSSR count). The van der Waals surface area contributed by atoms with Gasteiger partial charge in [-0.1, -0.05) is 20.8 Å². The van der Waals surface area contributed by atoms with E-state index >= 15 is 0 Å². The van der Waals surface area contributed by atoms with Crippen LogP contribution >= 0.6 is 0 Å². The molecule has 1 unspecified atom stereocenters. The molecule has 0 saturated carbocycles. The van der Waals surface area contributed by atoms with Gasteiger partial charge in [-0.15, -0.1) is 0 Å². The van der Waals surface area contributed by atoms with E-state index in [0.29, 0.717) is 22.4 Å². The number of alkyl halides is 2. The average Bonchev–Trinajstić information content (AvgIpc) is 3.03. The van der Waals surface area contributed by atoms with Gasteiger partial charge in [-0.25, -0.2) is 4.39 Å². The van der Waals surface area contributed by atoms with Gasteiger partial charge in [0, 0.05) is 13.2 Å².